The minimum Gasteiger partial charge on any atom is -0.349 e. The molecule has 0 heterocycles. The summed E-state index contributed by atoms with van der Waals surface area (Å²) in [6.07, 6.45) is 0. The molecule has 0 saturated carbocycles. The van der Waals surface area contributed by atoms with Crippen LogP contribution in [0.2, 0.25) is 0 Å². The number of hydrogen-bond acceptors (Lipinski definition) is 1. The fourth-order valence-corrected chi connectivity index (χ4v) is 0.621. The van der Waals surface area contributed by atoms with Crippen molar-refractivity contribution in [3.8, 4) is 0 Å². The van der Waals surface area contributed by atoms with Crippen molar-refractivity contribution >= 4 is 5.91 Å². The number of carbonyl (C=O) groups excluding carboxylic acids is 1. The summed E-state index contributed by atoms with van der Waals surface area (Å²) in [5, 5.41) is 2.18. The van der Waals surface area contributed by atoms with E-state index in [0.717, 1.165) is 0 Å². The second kappa shape index (κ2) is 3.83. The van der Waals surface area contributed by atoms with Gasteiger partial charge in [0.2, 0.25) is 0 Å². The van der Waals surface area contributed by atoms with Gasteiger partial charge in [0.15, 0.2) is 0 Å². The zero-order chi connectivity index (χ0) is 9.94. The zero-order valence-electron chi connectivity index (χ0n) is 7.82. The van der Waals surface area contributed by atoms with Crippen LogP contribution in [0.5, 0.6) is 0 Å². The maximum absolute atomic E-state index is 12.9. The van der Waals surface area contributed by atoms with Crippen LogP contribution in [-0.4, -0.2) is 17.9 Å². The van der Waals surface area contributed by atoms with Crippen molar-refractivity contribution in [3.63, 3.8) is 0 Å². The third-order valence-electron chi connectivity index (χ3n) is 1.45. The molecule has 72 valence electrons. The van der Waals surface area contributed by atoms with E-state index < -0.39 is 17.7 Å². The van der Waals surface area contributed by atoms with Crippen LogP contribution in [-0.2, 0) is 4.79 Å². The topological polar surface area (TPSA) is 29.1 Å². The second-order valence-electron chi connectivity index (χ2n) is 3.41. The molecule has 12 heavy (non-hydrogen) atoms. The molecule has 0 saturated heterocycles. The van der Waals surface area contributed by atoms with Crippen LogP contribution < -0.4 is 5.32 Å². The van der Waals surface area contributed by atoms with Gasteiger partial charge in [0, 0.05) is 12.0 Å². The molecule has 0 aliphatic rings. The van der Waals surface area contributed by atoms with Gasteiger partial charge in [-0.05, 0) is 13.8 Å². The molecule has 0 radical (unpaired) electrons. The largest absolute Gasteiger partial charge is 0.349 e. The maximum atomic E-state index is 12.9. The summed E-state index contributed by atoms with van der Waals surface area (Å²) >= 11 is 0. The highest BCUT2D eigenvalue weighted by Crippen LogP contribution is 2.23. The monoisotopic (exact) mass is 179 g/mol. The number of hydrogen-bond donors (Lipinski definition) is 1. The van der Waals surface area contributed by atoms with Gasteiger partial charge < -0.3 is 5.32 Å². The smallest absolute Gasteiger partial charge is 0.326 e. The van der Waals surface area contributed by atoms with Crippen molar-refractivity contribution < 1.29 is 13.6 Å². The van der Waals surface area contributed by atoms with E-state index in [1.807, 2.05) is 0 Å². The molecular formula is C8H15F2NO. The van der Waals surface area contributed by atoms with Gasteiger partial charge in [0.25, 0.3) is 5.91 Å². The summed E-state index contributed by atoms with van der Waals surface area (Å²) in [6, 6.07) is -0.248. The highest BCUT2D eigenvalue weighted by molar-refractivity contribution is 5.83. The lowest BCUT2D eigenvalue weighted by Crippen LogP contribution is -2.46. The van der Waals surface area contributed by atoms with Crippen molar-refractivity contribution in [3.05, 3.63) is 0 Å². The normalized spacial score (nSPS) is 12.3. The molecule has 0 fully saturated rings. The van der Waals surface area contributed by atoms with Gasteiger partial charge in [0.1, 0.15) is 0 Å². The molecule has 1 amide bonds. The molecule has 4 heteroatoms. The van der Waals surface area contributed by atoms with E-state index >= 15 is 0 Å². The van der Waals surface area contributed by atoms with E-state index in [2.05, 4.69) is 5.32 Å². The van der Waals surface area contributed by atoms with Crippen LogP contribution in [0.3, 0.4) is 0 Å². The van der Waals surface area contributed by atoms with E-state index in [9.17, 15) is 13.6 Å². The Hall–Kier alpha value is -0.670. The molecule has 0 aliphatic carbocycles. The summed E-state index contributed by atoms with van der Waals surface area (Å²) in [5.41, 5.74) is 0. The zero-order valence-corrected chi connectivity index (χ0v) is 7.82. The third kappa shape index (κ3) is 2.75. The number of rotatable bonds is 3. The van der Waals surface area contributed by atoms with Crippen molar-refractivity contribution in [1.82, 2.24) is 5.32 Å². The Morgan fingerprint density at radius 3 is 1.92 bits per heavy atom. The van der Waals surface area contributed by atoms with Gasteiger partial charge in [-0.2, -0.15) is 8.78 Å². The van der Waals surface area contributed by atoms with Crippen molar-refractivity contribution in [2.24, 2.45) is 5.92 Å². The quantitative estimate of drug-likeness (QED) is 0.703. The first-order valence-corrected chi connectivity index (χ1v) is 3.97. The molecule has 0 spiro atoms. The molecule has 0 aromatic rings. The fourth-order valence-electron chi connectivity index (χ4n) is 0.621. The SMILES string of the molecule is CC(C)NC(=O)C(F)(F)C(C)C. The lowest BCUT2D eigenvalue weighted by molar-refractivity contribution is -0.152. The summed E-state index contributed by atoms with van der Waals surface area (Å²) in [7, 11) is 0. The van der Waals surface area contributed by atoms with Gasteiger partial charge in [-0.15, -0.1) is 0 Å². The Balaban J connectivity index is 4.26. The summed E-state index contributed by atoms with van der Waals surface area (Å²) < 4.78 is 25.8. The summed E-state index contributed by atoms with van der Waals surface area (Å²) in [4.78, 5) is 10.9. The molecule has 0 bridgehead atoms. The lowest BCUT2D eigenvalue weighted by Gasteiger charge is -2.20. The molecule has 1 N–H and O–H groups in total. The van der Waals surface area contributed by atoms with Gasteiger partial charge in [-0.1, -0.05) is 13.8 Å². The minimum absolute atomic E-state index is 0.248. The first-order valence-electron chi connectivity index (χ1n) is 3.97. The van der Waals surface area contributed by atoms with E-state index in [1.165, 1.54) is 13.8 Å². The molecule has 0 unspecified atom stereocenters. The van der Waals surface area contributed by atoms with Gasteiger partial charge >= 0.3 is 5.92 Å². The van der Waals surface area contributed by atoms with Crippen LogP contribution in [0.15, 0.2) is 0 Å². The number of carbonyl (C=O) groups is 1. The lowest BCUT2D eigenvalue weighted by atomic mass is 10.1. The molecule has 0 aromatic carbocycles. The van der Waals surface area contributed by atoms with Gasteiger partial charge in [-0.3, -0.25) is 4.79 Å². The van der Waals surface area contributed by atoms with Crippen molar-refractivity contribution in [1.29, 1.82) is 0 Å². The fraction of sp³-hybridized carbons (Fsp3) is 0.875. The summed E-state index contributed by atoms with van der Waals surface area (Å²) in [5.74, 6) is -5.41. The first kappa shape index (κ1) is 11.3. The second-order valence-corrected chi connectivity index (χ2v) is 3.41. The van der Waals surface area contributed by atoms with E-state index in [0.29, 0.717) is 0 Å². The van der Waals surface area contributed by atoms with Gasteiger partial charge in [0.05, 0.1) is 0 Å². The molecule has 2 nitrogen and oxygen atoms in total. The standard InChI is InChI=1S/C8H15F2NO/c1-5(2)8(9,10)7(12)11-6(3)4/h5-6H,1-4H3,(H,11,12). The average molecular weight is 179 g/mol. The van der Waals surface area contributed by atoms with E-state index in [1.54, 1.807) is 13.8 Å². The Labute approximate surface area is 71.3 Å². The average Bonchev–Trinajstić information content (AvgIpc) is 1.85. The summed E-state index contributed by atoms with van der Waals surface area (Å²) in [6.45, 7) is 5.93. The third-order valence-corrected chi connectivity index (χ3v) is 1.45. The molecule has 0 atom stereocenters. The predicted octanol–water partition coefficient (Wildman–Crippen LogP) is 1.80. The molecular weight excluding hydrogens is 164 g/mol. The molecule has 0 aliphatic heterocycles. The Morgan fingerprint density at radius 1 is 1.25 bits per heavy atom. The predicted molar refractivity (Wildman–Crippen MR) is 43.1 cm³/mol. The van der Waals surface area contributed by atoms with Crippen molar-refractivity contribution in [2.45, 2.75) is 39.7 Å². The number of amides is 1. The molecule has 0 rings (SSSR count). The van der Waals surface area contributed by atoms with E-state index in [4.69, 9.17) is 0 Å². The van der Waals surface area contributed by atoms with Crippen LogP contribution >= 0.6 is 0 Å². The van der Waals surface area contributed by atoms with Crippen LogP contribution in [0.1, 0.15) is 27.7 Å². The van der Waals surface area contributed by atoms with Crippen molar-refractivity contribution in [2.75, 3.05) is 0 Å². The molecule has 0 aromatic heterocycles. The first-order chi connectivity index (χ1) is 5.28. The number of halogens is 2. The minimum atomic E-state index is -3.26. The Bertz CT molecular complexity index is 166. The van der Waals surface area contributed by atoms with Gasteiger partial charge in [-0.25, -0.2) is 0 Å². The Kier molecular flexibility index (Phi) is 3.61. The Morgan fingerprint density at radius 2 is 1.67 bits per heavy atom. The van der Waals surface area contributed by atoms with Crippen LogP contribution in [0, 0.1) is 5.92 Å². The van der Waals surface area contributed by atoms with E-state index in [-0.39, 0.29) is 6.04 Å². The number of nitrogens with one attached hydrogen (secondary N) is 1. The maximum Gasteiger partial charge on any atom is 0.326 e. The highest BCUT2D eigenvalue weighted by Gasteiger charge is 2.42. The van der Waals surface area contributed by atoms with Crippen LogP contribution in [0.25, 0.3) is 0 Å². The highest BCUT2D eigenvalue weighted by atomic mass is 19.3. The van der Waals surface area contributed by atoms with Crippen LogP contribution in [0.4, 0.5) is 8.78 Å². The number of alkyl halides is 2.